The zero-order valence-electron chi connectivity index (χ0n) is 12.5. The second kappa shape index (κ2) is 6.71. The first kappa shape index (κ1) is 15.4. The van der Waals surface area contributed by atoms with E-state index < -0.39 is 5.97 Å². The van der Waals surface area contributed by atoms with Gasteiger partial charge in [0, 0.05) is 6.20 Å². The highest BCUT2D eigenvalue weighted by atomic mass is 35.5. The molecule has 0 aliphatic carbocycles. The SMILES string of the molecule is Cc1nc2ccccn2c1COC(=O)COc1ccccc1Cl. The van der Waals surface area contributed by atoms with Crippen molar-refractivity contribution in [3.8, 4) is 5.75 Å². The Morgan fingerprint density at radius 2 is 2.00 bits per heavy atom. The van der Waals surface area contributed by atoms with E-state index in [4.69, 9.17) is 21.1 Å². The van der Waals surface area contributed by atoms with Crippen molar-refractivity contribution in [3.05, 3.63) is 65.1 Å². The first-order valence-corrected chi connectivity index (χ1v) is 7.48. The van der Waals surface area contributed by atoms with E-state index in [1.54, 1.807) is 24.3 Å². The highest BCUT2D eigenvalue weighted by molar-refractivity contribution is 6.32. The summed E-state index contributed by atoms with van der Waals surface area (Å²) < 4.78 is 12.5. The van der Waals surface area contributed by atoms with Crippen LogP contribution in [0.1, 0.15) is 11.4 Å². The van der Waals surface area contributed by atoms with E-state index in [0.717, 1.165) is 17.0 Å². The monoisotopic (exact) mass is 330 g/mol. The van der Waals surface area contributed by atoms with Crippen LogP contribution in [-0.2, 0) is 16.1 Å². The molecule has 0 fully saturated rings. The summed E-state index contributed by atoms with van der Waals surface area (Å²) in [6.45, 7) is 1.83. The molecule has 2 aromatic heterocycles. The number of pyridine rings is 1. The summed E-state index contributed by atoms with van der Waals surface area (Å²) in [5.74, 6) is -0.00713. The number of fused-ring (bicyclic) bond motifs is 1. The molecule has 0 saturated carbocycles. The average Bonchev–Trinajstić information content (AvgIpc) is 2.87. The molecule has 0 spiro atoms. The summed E-state index contributed by atoms with van der Waals surface area (Å²) in [6, 6.07) is 12.7. The number of aromatic nitrogens is 2. The van der Waals surface area contributed by atoms with Crippen molar-refractivity contribution in [2.45, 2.75) is 13.5 Å². The lowest BCUT2D eigenvalue weighted by Gasteiger charge is -2.08. The molecule has 118 valence electrons. The quantitative estimate of drug-likeness (QED) is 0.673. The summed E-state index contributed by atoms with van der Waals surface area (Å²) in [4.78, 5) is 16.3. The molecule has 0 aliphatic rings. The van der Waals surface area contributed by atoms with Gasteiger partial charge in [-0.05, 0) is 31.2 Å². The van der Waals surface area contributed by atoms with Crippen molar-refractivity contribution < 1.29 is 14.3 Å². The summed E-state index contributed by atoms with van der Waals surface area (Å²) in [6.07, 6.45) is 1.89. The molecule has 5 nitrogen and oxygen atoms in total. The van der Waals surface area contributed by atoms with Crippen LogP contribution in [0.15, 0.2) is 48.7 Å². The van der Waals surface area contributed by atoms with Crippen LogP contribution in [0.25, 0.3) is 5.65 Å². The maximum Gasteiger partial charge on any atom is 0.344 e. The maximum absolute atomic E-state index is 11.9. The lowest BCUT2D eigenvalue weighted by molar-refractivity contribution is -0.147. The normalized spacial score (nSPS) is 10.7. The van der Waals surface area contributed by atoms with Gasteiger partial charge in [-0.25, -0.2) is 9.78 Å². The Morgan fingerprint density at radius 3 is 2.83 bits per heavy atom. The smallest absolute Gasteiger partial charge is 0.344 e. The van der Waals surface area contributed by atoms with Crippen molar-refractivity contribution in [1.82, 2.24) is 9.38 Å². The molecule has 0 aliphatic heterocycles. The van der Waals surface area contributed by atoms with Crippen LogP contribution < -0.4 is 4.74 Å². The molecular weight excluding hydrogens is 316 g/mol. The molecule has 23 heavy (non-hydrogen) atoms. The lowest BCUT2D eigenvalue weighted by Crippen LogP contribution is -2.15. The highest BCUT2D eigenvalue weighted by Gasteiger charge is 2.12. The molecule has 0 unspecified atom stereocenters. The summed E-state index contributed by atoms with van der Waals surface area (Å²) >= 11 is 5.96. The third-order valence-electron chi connectivity index (χ3n) is 3.38. The van der Waals surface area contributed by atoms with Gasteiger partial charge in [-0.2, -0.15) is 0 Å². The first-order valence-electron chi connectivity index (χ1n) is 7.10. The topological polar surface area (TPSA) is 52.8 Å². The number of carbonyl (C=O) groups excluding carboxylic acids is 1. The highest BCUT2D eigenvalue weighted by Crippen LogP contribution is 2.23. The molecule has 0 atom stereocenters. The fourth-order valence-electron chi connectivity index (χ4n) is 2.23. The molecule has 1 aromatic carbocycles. The van der Waals surface area contributed by atoms with Gasteiger partial charge in [0.05, 0.1) is 16.4 Å². The van der Waals surface area contributed by atoms with Crippen LogP contribution in [0.3, 0.4) is 0 Å². The number of para-hydroxylation sites is 1. The van der Waals surface area contributed by atoms with E-state index in [0.29, 0.717) is 10.8 Å². The van der Waals surface area contributed by atoms with E-state index in [-0.39, 0.29) is 13.2 Å². The molecule has 0 N–H and O–H groups in total. The number of esters is 1. The van der Waals surface area contributed by atoms with Gasteiger partial charge in [0.2, 0.25) is 0 Å². The predicted octanol–water partition coefficient (Wildman–Crippen LogP) is 3.42. The fraction of sp³-hybridized carbons (Fsp3) is 0.176. The Morgan fingerprint density at radius 1 is 1.22 bits per heavy atom. The van der Waals surface area contributed by atoms with Gasteiger partial charge in [-0.1, -0.05) is 29.8 Å². The Kier molecular flexibility index (Phi) is 4.48. The molecule has 6 heteroatoms. The third-order valence-corrected chi connectivity index (χ3v) is 3.69. The lowest BCUT2D eigenvalue weighted by atomic mass is 10.3. The van der Waals surface area contributed by atoms with E-state index in [1.807, 2.05) is 35.7 Å². The molecule has 0 bridgehead atoms. The van der Waals surface area contributed by atoms with Crippen LogP contribution in [0, 0.1) is 6.92 Å². The number of aryl methyl sites for hydroxylation is 1. The van der Waals surface area contributed by atoms with Gasteiger partial charge in [-0.3, -0.25) is 0 Å². The zero-order chi connectivity index (χ0) is 16.2. The molecule has 0 radical (unpaired) electrons. The molecule has 0 amide bonds. The van der Waals surface area contributed by atoms with Crippen LogP contribution >= 0.6 is 11.6 Å². The number of hydrogen-bond acceptors (Lipinski definition) is 4. The van der Waals surface area contributed by atoms with Crippen LogP contribution in [0.4, 0.5) is 0 Å². The van der Waals surface area contributed by atoms with Crippen LogP contribution in [0.5, 0.6) is 5.75 Å². The van der Waals surface area contributed by atoms with Crippen LogP contribution in [-0.4, -0.2) is 22.0 Å². The molecule has 3 rings (SSSR count). The molecule has 3 aromatic rings. The predicted molar refractivity (Wildman–Crippen MR) is 86.7 cm³/mol. The van der Waals surface area contributed by atoms with Gasteiger partial charge in [-0.15, -0.1) is 0 Å². The summed E-state index contributed by atoms with van der Waals surface area (Å²) in [5.41, 5.74) is 2.49. The third kappa shape index (κ3) is 3.46. The van der Waals surface area contributed by atoms with Crippen LogP contribution in [0.2, 0.25) is 5.02 Å². The van der Waals surface area contributed by atoms with Crippen molar-refractivity contribution in [2.24, 2.45) is 0 Å². The summed E-state index contributed by atoms with van der Waals surface area (Å²) in [7, 11) is 0. The van der Waals surface area contributed by atoms with E-state index in [2.05, 4.69) is 4.98 Å². The van der Waals surface area contributed by atoms with Crippen molar-refractivity contribution in [3.63, 3.8) is 0 Å². The van der Waals surface area contributed by atoms with Gasteiger partial charge in [0.25, 0.3) is 0 Å². The number of halogens is 1. The zero-order valence-corrected chi connectivity index (χ0v) is 13.3. The number of benzene rings is 1. The first-order chi connectivity index (χ1) is 11.1. The number of hydrogen-bond donors (Lipinski definition) is 0. The Labute approximate surface area is 138 Å². The minimum Gasteiger partial charge on any atom is -0.480 e. The number of carbonyl (C=O) groups is 1. The Bertz CT molecular complexity index is 845. The molecule has 0 saturated heterocycles. The van der Waals surface area contributed by atoms with Gasteiger partial charge < -0.3 is 13.9 Å². The minimum atomic E-state index is -0.463. The number of rotatable bonds is 5. The number of nitrogens with zero attached hydrogens (tertiary/aromatic N) is 2. The molecule has 2 heterocycles. The Balaban J connectivity index is 1.60. The average molecular weight is 331 g/mol. The van der Waals surface area contributed by atoms with Crippen molar-refractivity contribution in [2.75, 3.05) is 6.61 Å². The van der Waals surface area contributed by atoms with E-state index >= 15 is 0 Å². The standard InChI is InChI=1S/C17H15ClN2O3/c1-12-14(20-9-5-4-8-16(20)19-12)10-23-17(21)11-22-15-7-3-2-6-13(15)18/h2-9H,10-11H2,1H3. The summed E-state index contributed by atoms with van der Waals surface area (Å²) in [5, 5.41) is 0.456. The van der Waals surface area contributed by atoms with Crippen molar-refractivity contribution in [1.29, 1.82) is 0 Å². The molecular formula is C17H15ClN2O3. The second-order valence-electron chi connectivity index (χ2n) is 4.95. The Hall–Kier alpha value is -2.53. The number of imidazole rings is 1. The minimum absolute atomic E-state index is 0.141. The maximum atomic E-state index is 11.9. The largest absolute Gasteiger partial charge is 0.480 e. The van der Waals surface area contributed by atoms with E-state index in [9.17, 15) is 4.79 Å². The van der Waals surface area contributed by atoms with E-state index in [1.165, 1.54) is 0 Å². The van der Waals surface area contributed by atoms with Gasteiger partial charge in [0.15, 0.2) is 6.61 Å². The second-order valence-corrected chi connectivity index (χ2v) is 5.36. The van der Waals surface area contributed by atoms with Gasteiger partial charge >= 0.3 is 5.97 Å². The van der Waals surface area contributed by atoms with Gasteiger partial charge in [0.1, 0.15) is 18.0 Å². The van der Waals surface area contributed by atoms with Crippen molar-refractivity contribution >= 4 is 23.2 Å². The fourth-order valence-corrected chi connectivity index (χ4v) is 2.42. The number of ether oxygens (including phenoxy) is 2.